The van der Waals surface area contributed by atoms with Crippen molar-refractivity contribution in [3.05, 3.63) is 142 Å². The van der Waals surface area contributed by atoms with Gasteiger partial charge in [-0.1, -0.05) is 97.1 Å². The minimum Gasteiger partial charge on any atom is -0.396 e. The van der Waals surface area contributed by atoms with Crippen LogP contribution >= 0.6 is 0 Å². The lowest BCUT2D eigenvalue weighted by molar-refractivity contribution is -0.131. The zero-order valence-corrected chi connectivity index (χ0v) is 35.8. The van der Waals surface area contributed by atoms with E-state index < -0.39 is 5.91 Å². The maximum atomic E-state index is 13.3. The van der Waals surface area contributed by atoms with Gasteiger partial charge >= 0.3 is 0 Å². The third-order valence-corrected chi connectivity index (χ3v) is 11.1. The minimum absolute atomic E-state index is 0.00907. The molecule has 3 amide bonds. The molecule has 0 aromatic heterocycles. The Labute approximate surface area is 365 Å². The van der Waals surface area contributed by atoms with E-state index in [1.54, 1.807) is 14.8 Å². The molecule has 1 aliphatic heterocycles. The lowest BCUT2D eigenvalue weighted by Gasteiger charge is -2.33. The summed E-state index contributed by atoms with van der Waals surface area (Å²) in [4.78, 5) is 41.0. The molecule has 328 valence electrons. The number of ether oxygens (including phenoxy) is 4. The van der Waals surface area contributed by atoms with Gasteiger partial charge in [-0.15, -0.1) is 0 Å². The van der Waals surface area contributed by atoms with Crippen molar-refractivity contribution in [1.82, 2.24) is 9.91 Å². The third-order valence-electron chi connectivity index (χ3n) is 11.1. The fourth-order valence-corrected chi connectivity index (χ4v) is 7.80. The molecule has 0 spiro atoms. The molecule has 0 radical (unpaired) electrons. The normalized spacial score (nSPS) is 14.4. The second-order valence-corrected chi connectivity index (χ2v) is 15.3. The van der Waals surface area contributed by atoms with Crippen LogP contribution in [-0.4, -0.2) is 101 Å². The summed E-state index contributed by atoms with van der Waals surface area (Å²) in [5.74, 6) is 5.94. The standard InChI is InChI=1S/C49H60N6O7/c1-53(25-10-18-42-39-14-5-2-11-36(39)20-21-37-12-3-6-15-40(37)42)46(57)24-27-59-29-31-61-33-34-62-32-30-60-28-26-55(52)49-41-16-7-4-13-38(41)35-54(47(58)23-22-45(50)56)44-19-9-8-17-43(44)48(49)51/h2-9,11-19H,10,20-35,51-52H2,1H3,(H2,50,56)/b49-48-. The van der Waals surface area contributed by atoms with Crippen LogP contribution in [0.3, 0.4) is 0 Å². The Morgan fingerprint density at radius 2 is 1.15 bits per heavy atom. The Morgan fingerprint density at radius 1 is 0.629 bits per heavy atom. The number of para-hydroxylation sites is 1. The molecule has 0 unspecified atom stereocenters. The molecular formula is C49H60N6O7. The van der Waals surface area contributed by atoms with Crippen LogP contribution < -0.4 is 22.2 Å². The number of carbonyl (C=O) groups excluding carboxylic acids is 3. The van der Waals surface area contributed by atoms with Gasteiger partial charge in [-0.05, 0) is 58.7 Å². The molecular weight excluding hydrogens is 785 g/mol. The summed E-state index contributed by atoms with van der Waals surface area (Å²) in [6, 6.07) is 32.3. The Balaban J connectivity index is 0.840. The number of anilines is 1. The second kappa shape index (κ2) is 23.4. The Morgan fingerprint density at radius 3 is 1.76 bits per heavy atom. The van der Waals surface area contributed by atoms with E-state index >= 15 is 0 Å². The first-order chi connectivity index (χ1) is 30.2. The topological polar surface area (TPSA) is 176 Å². The summed E-state index contributed by atoms with van der Waals surface area (Å²) in [7, 11) is 1.85. The van der Waals surface area contributed by atoms with Crippen LogP contribution in [0.5, 0.6) is 0 Å². The maximum Gasteiger partial charge on any atom is 0.227 e. The number of primary amides is 1. The smallest absolute Gasteiger partial charge is 0.227 e. The number of hydrogen-bond acceptors (Lipinski definition) is 10. The van der Waals surface area contributed by atoms with Crippen molar-refractivity contribution in [1.29, 1.82) is 0 Å². The molecule has 0 fully saturated rings. The van der Waals surface area contributed by atoms with E-state index in [0.29, 0.717) is 95.0 Å². The van der Waals surface area contributed by atoms with E-state index in [1.807, 2.05) is 55.6 Å². The van der Waals surface area contributed by atoms with Crippen LogP contribution in [0.4, 0.5) is 5.69 Å². The van der Waals surface area contributed by atoms with Gasteiger partial charge in [0.15, 0.2) is 0 Å². The first-order valence-corrected chi connectivity index (χ1v) is 21.4. The van der Waals surface area contributed by atoms with Crippen molar-refractivity contribution in [3.8, 4) is 0 Å². The number of carbonyl (C=O) groups is 3. The van der Waals surface area contributed by atoms with Gasteiger partial charge in [-0.25, -0.2) is 5.84 Å². The van der Waals surface area contributed by atoms with Crippen molar-refractivity contribution in [2.75, 3.05) is 77.9 Å². The van der Waals surface area contributed by atoms with Crippen LogP contribution in [0.1, 0.15) is 64.6 Å². The molecule has 1 aliphatic carbocycles. The number of aryl methyl sites for hydroxylation is 2. The summed E-state index contributed by atoms with van der Waals surface area (Å²) in [5.41, 5.74) is 22.7. The molecule has 6 rings (SSSR count). The van der Waals surface area contributed by atoms with Gasteiger partial charge in [0, 0.05) is 37.6 Å². The van der Waals surface area contributed by atoms with Crippen molar-refractivity contribution in [3.63, 3.8) is 0 Å². The van der Waals surface area contributed by atoms with Gasteiger partial charge in [-0.3, -0.25) is 14.4 Å². The lowest BCUT2D eigenvalue weighted by Crippen LogP contribution is -2.37. The number of benzene rings is 4. The number of hydrogen-bond donors (Lipinski definition) is 3. The summed E-state index contributed by atoms with van der Waals surface area (Å²) in [5, 5.41) is 1.58. The van der Waals surface area contributed by atoms with Crippen LogP contribution in [0, 0.1) is 0 Å². The van der Waals surface area contributed by atoms with Gasteiger partial charge < -0.3 is 45.2 Å². The Bertz CT molecular complexity index is 2160. The number of hydrazine groups is 1. The van der Waals surface area contributed by atoms with Crippen molar-refractivity contribution >= 4 is 40.4 Å². The van der Waals surface area contributed by atoms with E-state index in [1.165, 1.54) is 27.8 Å². The van der Waals surface area contributed by atoms with E-state index in [4.69, 9.17) is 36.3 Å². The van der Waals surface area contributed by atoms with Gasteiger partial charge in [-0.2, -0.15) is 0 Å². The largest absolute Gasteiger partial charge is 0.396 e. The van der Waals surface area contributed by atoms with Crippen molar-refractivity contribution in [2.24, 2.45) is 17.3 Å². The molecule has 13 nitrogen and oxygen atoms in total. The zero-order valence-electron chi connectivity index (χ0n) is 35.8. The second-order valence-electron chi connectivity index (χ2n) is 15.3. The summed E-state index contributed by atoms with van der Waals surface area (Å²) >= 11 is 0. The van der Waals surface area contributed by atoms with Crippen molar-refractivity contribution < 1.29 is 33.3 Å². The molecule has 0 atom stereocenters. The highest BCUT2D eigenvalue weighted by molar-refractivity contribution is 6.01. The van der Waals surface area contributed by atoms with Crippen molar-refractivity contribution in [2.45, 2.75) is 45.1 Å². The van der Waals surface area contributed by atoms with E-state index in [2.05, 4.69) is 54.6 Å². The van der Waals surface area contributed by atoms with Gasteiger partial charge in [0.25, 0.3) is 0 Å². The Hall–Kier alpha value is -5.83. The highest BCUT2D eigenvalue weighted by Gasteiger charge is 2.28. The quantitative estimate of drug-likeness (QED) is 0.0536. The minimum atomic E-state index is -0.533. The number of rotatable bonds is 22. The first kappa shape index (κ1) is 45.7. The maximum absolute atomic E-state index is 13.3. The average Bonchev–Trinajstić information content (AvgIpc) is 3.44. The summed E-state index contributed by atoms with van der Waals surface area (Å²) in [6.45, 7) is 4.29. The Kier molecular flexibility index (Phi) is 17.2. The number of nitrogens with zero attached hydrogens (tertiary/aromatic N) is 3. The summed E-state index contributed by atoms with van der Waals surface area (Å²) in [6.07, 6.45) is 5.36. The molecule has 0 saturated carbocycles. The molecule has 4 aromatic carbocycles. The SMILES string of the molecule is CN(CCC=C1c2ccccc2CCc2ccccc21)C(=O)CCOCCOCCOCCOCCN(N)/C1=C(\N)c2ccccc2N(C(=O)CCC(N)=O)Cc2ccccc21. The highest BCUT2D eigenvalue weighted by Crippen LogP contribution is 2.37. The molecule has 62 heavy (non-hydrogen) atoms. The van der Waals surface area contributed by atoms with Crippen LogP contribution in [0.15, 0.2) is 103 Å². The molecule has 0 saturated heterocycles. The van der Waals surface area contributed by atoms with Crippen LogP contribution in [-0.2, 0) is 52.7 Å². The molecule has 1 heterocycles. The van der Waals surface area contributed by atoms with E-state index in [9.17, 15) is 14.4 Å². The van der Waals surface area contributed by atoms with Gasteiger partial charge in [0.1, 0.15) is 0 Å². The van der Waals surface area contributed by atoms with E-state index in [0.717, 1.165) is 30.4 Å². The molecule has 13 heteroatoms. The molecule has 0 bridgehead atoms. The fourth-order valence-electron chi connectivity index (χ4n) is 7.80. The number of nitrogens with two attached hydrogens (primary N) is 3. The van der Waals surface area contributed by atoms with Crippen LogP contribution in [0.2, 0.25) is 0 Å². The number of fused-ring (bicyclic) bond motifs is 4. The third kappa shape index (κ3) is 12.4. The average molecular weight is 845 g/mol. The molecule has 6 N–H and O–H groups in total. The molecule has 4 aromatic rings. The lowest BCUT2D eigenvalue weighted by atomic mass is 9.93. The first-order valence-electron chi connectivity index (χ1n) is 21.4. The van der Waals surface area contributed by atoms with E-state index in [-0.39, 0.29) is 31.2 Å². The van der Waals surface area contributed by atoms with Gasteiger partial charge in [0.2, 0.25) is 17.7 Å². The summed E-state index contributed by atoms with van der Waals surface area (Å²) < 4.78 is 22.8. The van der Waals surface area contributed by atoms with Gasteiger partial charge in [0.05, 0.1) is 89.4 Å². The van der Waals surface area contributed by atoms with Crippen LogP contribution in [0.25, 0.3) is 17.0 Å². The molecule has 2 aliphatic rings. The number of amides is 3. The fraction of sp³-hybridized carbons (Fsp3) is 0.367. The highest BCUT2D eigenvalue weighted by atomic mass is 16.6. The zero-order chi connectivity index (χ0) is 43.7. The predicted molar refractivity (Wildman–Crippen MR) is 242 cm³/mol. The predicted octanol–water partition coefficient (Wildman–Crippen LogP) is 5.29. The monoisotopic (exact) mass is 844 g/mol.